The minimum atomic E-state index is -0.456. The maximum atomic E-state index is 10.0. The molecule has 7 nitrogen and oxygen atoms in total. The van der Waals surface area contributed by atoms with Gasteiger partial charge in [0.15, 0.2) is 5.75 Å². The highest BCUT2D eigenvalue weighted by molar-refractivity contribution is 5.49. The van der Waals surface area contributed by atoms with Gasteiger partial charge in [-0.15, -0.1) is 0 Å². The van der Waals surface area contributed by atoms with Gasteiger partial charge < -0.3 is 19.9 Å². The maximum Gasteiger partial charge on any atom is 0.227 e. The molecule has 0 aromatic carbocycles. The van der Waals surface area contributed by atoms with E-state index in [2.05, 4.69) is 20.3 Å². The first-order chi connectivity index (χ1) is 11.1. The van der Waals surface area contributed by atoms with Crippen molar-refractivity contribution >= 4 is 5.82 Å². The third kappa shape index (κ3) is 3.57. The average molecular weight is 316 g/mol. The van der Waals surface area contributed by atoms with Crippen LogP contribution in [0.3, 0.4) is 0 Å². The second-order valence-electron chi connectivity index (χ2n) is 5.52. The van der Waals surface area contributed by atoms with Crippen LogP contribution in [0.25, 0.3) is 0 Å². The molecule has 2 N–H and O–H groups in total. The molecule has 0 radical (unpaired) electrons. The molecule has 3 rings (SSSR count). The molecule has 1 aliphatic heterocycles. The van der Waals surface area contributed by atoms with Crippen molar-refractivity contribution in [3.8, 4) is 11.6 Å². The molecule has 1 aliphatic rings. The van der Waals surface area contributed by atoms with E-state index in [4.69, 9.17) is 9.47 Å². The predicted molar refractivity (Wildman–Crippen MR) is 84.7 cm³/mol. The summed E-state index contributed by atoms with van der Waals surface area (Å²) >= 11 is 0. The van der Waals surface area contributed by atoms with E-state index < -0.39 is 6.10 Å². The topological polar surface area (TPSA) is 89.4 Å². The van der Waals surface area contributed by atoms with E-state index in [0.29, 0.717) is 37.1 Å². The summed E-state index contributed by atoms with van der Waals surface area (Å²) in [6, 6.07) is 3.47. The van der Waals surface area contributed by atoms with Crippen molar-refractivity contribution in [3.05, 3.63) is 35.9 Å². The van der Waals surface area contributed by atoms with Gasteiger partial charge in [-0.3, -0.25) is 4.98 Å². The normalized spacial score (nSPS) is 21.0. The first-order valence-electron chi connectivity index (χ1n) is 7.58. The SMILES string of the molecule is Cc1ncccc1Oc1ncnc(N[C@@H]2COCC[C@H]2O)c1C. The van der Waals surface area contributed by atoms with Gasteiger partial charge in [0.2, 0.25) is 5.88 Å². The number of hydrogen-bond acceptors (Lipinski definition) is 7. The predicted octanol–water partition coefficient (Wildman–Crippen LogP) is 1.84. The summed E-state index contributed by atoms with van der Waals surface area (Å²) in [5.74, 6) is 1.75. The zero-order valence-corrected chi connectivity index (χ0v) is 13.2. The molecule has 2 aromatic rings. The molecule has 7 heteroatoms. The van der Waals surface area contributed by atoms with Crippen LogP contribution < -0.4 is 10.1 Å². The fourth-order valence-electron chi connectivity index (χ4n) is 2.40. The van der Waals surface area contributed by atoms with E-state index in [1.54, 1.807) is 6.20 Å². The van der Waals surface area contributed by atoms with Crippen LogP contribution >= 0.6 is 0 Å². The molecular formula is C16H20N4O3. The molecule has 0 spiro atoms. The third-order valence-corrected chi connectivity index (χ3v) is 3.84. The first-order valence-corrected chi connectivity index (χ1v) is 7.58. The van der Waals surface area contributed by atoms with Crippen LogP contribution in [0.1, 0.15) is 17.7 Å². The molecular weight excluding hydrogens is 296 g/mol. The second-order valence-corrected chi connectivity index (χ2v) is 5.52. The van der Waals surface area contributed by atoms with E-state index in [1.165, 1.54) is 6.33 Å². The minimum Gasteiger partial charge on any atom is -0.437 e. The molecule has 3 heterocycles. The van der Waals surface area contributed by atoms with Crippen LogP contribution in [0.5, 0.6) is 11.6 Å². The molecule has 2 atom stereocenters. The van der Waals surface area contributed by atoms with Crippen molar-refractivity contribution < 1.29 is 14.6 Å². The van der Waals surface area contributed by atoms with Gasteiger partial charge in [0.25, 0.3) is 0 Å². The number of aliphatic hydroxyl groups is 1. The van der Waals surface area contributed by atoms with Crippen LogP contribution in [0.15, 0.2) is 24.7 Å². The summed E-state index contributed by atoms with van der Waals surface area (Å²) in [7, 11) is 0. The molecule has 122 valence electrons. The third-order valence-electron chi connectivity index (χ3n) is 3.84. The summed E-state index contributed by atoms with van der Waals surface area (Å²) in [6.45, 7) is 4.78. The standard InChI is InChI=1S/C16H20N4O3/c1-10-15(20-12-8-22-7-5-13(12)21)18-9-19-16(10)23-14-4-3-6-17-11(14)2/h3-4,6,9,12-13,21H,5,7-8H2,1-2H3,(H,18,19,20)/t12-,13-/m1/s1. The number of aryl methyl sites for hydroxylation is 1. The number of ether oxygens (including phenoxy) is 2. The van der Waals surface area contributed by atoms with Crippen molar-refractivity contribution in [2.45, 2.75) is 32.4 Å². The lowest BCUT2D eigenvalue weighted by Gasteiger charge is -2.29. The highest BCUT2D eigenvalue weighted by Gasteiger charge is 2.25. The van der Waals surface area contributed by atoms with Crippen LogP contribution in [-0.4, -0.2) is 45.4 Å². The number of pyridine rings is 1. The number of anilines is 1. The quantitative estimate of drug-likeness (QED) is 0.889. The highest BCUT2D eigenvalue weighted by atomic mass is 16.5. The molecule has 23 heavy (non-hydrogen) atoms. The molecule has 0 saturated carbocycles. The van der Waals surface area contributed by atoms with Gasteiger partial charge in [0.1, 0.15) is 12.1 Å². The van der Waals surface area contributed by atoms with E-state index in [9.17, 15) is 5.11 Å². The largest absolute Gasteiger partial charge is 0.437 e. The van der Waals surface area contributed by atoms with Gasteiger partial charge in [-0.1, -0.05) is 0 Å². The maximum absolute atomic E-state index is 10.0. The van der Waals surface area contributed by atoms with Crippen LogP contribution in [0, 0.1) is 13.8 Å². The fraction of sp³-hybridized carbons (Fsp3) is 0.438. The Balaban J connectivity index is 1.79. The van der Waals surface area contributed by atoms with E-state index in [1.807, 2.05) is 26.0 Å². The zero-order valence-electron chi connectivity index (χ0n) is 13.2. The van der Waals surface area contributed by atoms with E-state index in [-0.39, 0.29) is 6.04 Å². The molecule has 0 bridgehead atoms. The number of aromatic nitrogens is 3. The van der Waals surface area contributed by atoms with Gasteiger partial charge in [0.05, 0.1) is 30.0 Å². The zero-order chi connectivity index (χ0) is 16.2. The monoisotopic (exact) mass is 316 g/mol. The number of rotatable bonds is 4. The molecule has 0 aliphatic carbocycles. The van der Waals surface area contributed by atoms with Gasteiger partial charge >= 0.3 is 0 Å². The Morgan fingerprint density at radius 3 is 2.96 bits per heavy atom. The van der Waals surface area contributed by atoms with Gasteiger partial charge in [-0.2, -0.15) is 0 Å². The summed E-state index contributed by atoms with van der Waals surface area (Å²) in [4.78, 5) is 12.6. The van der Waals surface area contributed by atoms with Gasteiger partial charge in [-0.25, -0.2) is 9.97 Å². The summed E-state index contributed by atoms with van der Waals surface area (Å²) in [5.41, 5.74) is 1.56. The number of nitrogens with zero attached hydrogens (tertiary/aromatic N) is 3. The highest BCUT2D eigenvalue weighted by Crippen LogP contribution is 2.28. The molecule has 0 unspecified atom stereocenters. The van der Waals surface area contributed by atoms with Gasteiger partial charge in [0, 0.05) is 12.8 Å². The Hall–Kier alpha value is -2.25. The summed E-state index contributed by atoms with van der Waals surface area (Å²) < 4.78 is 11.3. The lowest BCUT2D eigenvalue weighted by molar-refractivity contribution is 0.00302. The van der Waals surface area contributed by atoms with Crippen molar-refractivity contribution in [1.29, 1.82) is 0 Å². The van der Waals surface area contributed by atoms with Crippen LogP contribution in [-0.2, 0) is 4.74 Å². The Morgan fingerprint density at radius 2 is 2.17 bits per heavy atom. The molecule has 1 saturated heterocycles. The van der Waals surface area contributed by atoms with Gasteiger partial charge in [-0.05, 0) is 32.4 Å². The van der Waals surface area contributed by atoms with E-state index in [0.717, 1.165) is 11.3 Å². The van der Waals surface area contributed by atoms with Crippen LogP contribution in [0.4, 0.5) is 5.82 Å². The summed E-state index contributed by atoms with van der Waals surface area (Å²) in [5, 5.41) is 13.3. The van der Waals surface area contributed by atoms with Crippen molar-refractivity contribution in [2.75, 3.05) is 18.5 Å². The molecule has 2 aromatic heterocycles. The minimum absolute atomic E-state index is 0.190. The first kappa shape index (κ1) is 15.6. The number of hydrogen-bond donors (Lipinski definition) is 2. The summed E-state index contributed by atoms with van der Waals surface area (Å²) in [6.07, 6.45) is 3.31. The Labute approximate surface area is 134 Å². The van der Waals surface area contributed by atoms with E-state index >= 15 is 0 Å². The van der Waals surface area contributed by atoms with Crippen molar-refractivity contribution in [2.24, 2.45) is 0 Å². The average Bonchev–Trinajstić information content (AvgIpc) is 2.55. The Bertz CT molecular complexity index is 680. The smallest absolute Gasteiger partial charge is 0.227 e. The molecule has 1 fully saturated rings. The lowest BCUT2D eigenvalue weighted by atomic mass is 10.1. The number of aliphatic hydroxyl groups excluding tert-OH is 1. The lowest BCUT2D eigenvalue weighted by Crippen LogP contribution is -2.42. The Kier molecular flexibility index (Phi) is 4.68. The fourth-order valence-corrected chi connectivity index (χ4v) is 2.40. The second kappa shape index (κ2) is 6.89. The van der Waals surface area contributed by atoms with Crippen molar-refractivity contribution in [1.82, 2.24) is 15.0 Å². The number of nitrogens with one attached hydrogen (secondary N) is 1. The van der Waals surface area contributed by atoms with Crippen molar-refractivity contribution in [3.63, 3.8) is 0 Å². The molecule has 0 amide bonds. The van der Waals surface area contributed by atoms with Crippen LogP contribution in [0.2, 0.25) is 0 Å². The Morgan fingerprint density at radius 1 is 1.30 bits per heavy atom.